The van der Waals surface area contributed by atoms with Crippen LogP contribution in [0.2, 0.25) is 0 Å². The summed E-state index contributed by atoms with van der Waals surface area (Å²) in [5.74, 6) is 6.07. The third kappa shape index (κ3) is 1.94. The van der Waals surface area contributed by atoms with E-state index in [1.165, 1.54) is 0 Å². The summed E-state index contributed by atoms with van der Waals surface area (Å²) in [7, 11) is 0. The molecule has 4 heteroatoms. The Morgan fingerprint density at radius 2 is 2.36 bits per heavy atom. The molecule has 0 aliphatic carbocycles. The van der Waals surface area contributed by atoms with Crippen molar-refractivity contribution in [3.63, 3.8) is 0 Å². The molecule has 0 aliphatic rings. The van der Waals surface area contributed by atoms with Gasteiger partial charge < -0.3 is 0 Å². The standard InChI is InChI=1S/C10H8BrN3/c11-4-2-1-3-8-5-9-10(12-6-8)7-13-14-9/h5-7H,2,4H2,(H,13,14). The molecule has 70 valence electrons. The molecular weight excluding hydrogens is 242 g/mol. The second-order valence-electron chi connectivity index (χ2n) is 2.77. The van der Waals surface area contributed by atoms with Gasteiger partial charge in [-0.05, 0) is 6.07 Å². The molecule has 0 amide bonds. The second-order valence-corrected chi connectivity index (χ2v) is 3.56. The number of aromatic nitrogens is 3. The number of hydrogen-bond donors (Lipinski definition) is 1. The molecule has 0 fully saturated rings. The smallest absolute Gasteiger partial charge is 0.108 e. The minimum absolute atomic E-state index is 0.848. The van der Waals surface area contributed by atoms with Crippen molar-refractivity contribution in [3.8, 4) is 11.8 Å². The van der Waals surface area contributed by atoms with Crippen LogP contribution >= 0.6 is 15.9 Å². The number of fused-ring (bicyclic) bond motifs is 1. The predicted octanol–water partition coefficient (Wildman–Crippen LogP) is 2.09. The van der Waals surface area contributed by atoms with Gasteiger partial charge in [0.05, 0.1) is 11.7 Å². The van der Waals surface area contributed by atoms with Gasteiger partial charge in [-0.15, -0.1) is 0 Å². The molecule has 0 bridgehead atoms. The topological polar surface area (TPSA) is 41.6 Å². The molecule has 14 heavy (non-hydrogen) atoms. The van der Waals surface area contributed by atoms with Crippen LogP contribution in [0, 0.1) is 11.8 Å². The van der Waals surface area contributed by atoms with Gasteiger partial charge in [0, 0.05) is 23.5 Å². The van der Waals surface area contributed by atoms with Crippen molar-refractivity contribution < 1.29 is 0 Å². The average Bonchev–Trinajstić information content (AvgIpc) is 2.65. The van der Waals surface area contributed by atoms with E-state index >= 15 is 0 Å². The average molecular weight is 250 g/mol. The largest absolute Gasteiger partial charge is 0.276 e. The number of H-pyrrole nitrogens is 1. The number of alkyl halides is 1. The van der Waals surface area contributed by atoms with Gasteiger partial charge in [0.2, 0.25) is 0 Å². The third-order valence-corrected chi connectivity index (χ3v) is 2.14. The van der Waals surface area contributed by atoms with Gasteiger partial charge in [-0.2, -0.15) is 5.10 Å². The van der Waals surface area contributed by atoms with Crippen LogP contribution in [0.15, 0.2) is 18.5 Å². The first-order valence-corrected chi connectivity index (χ1v) is 5.36. The molecule has 0 saturated carbocycles. The highest BCUT2D eigenvalue weighted by Gasteiger charge is 1.96. The number of rotatable bonds is 1. The molecule has 0 saturated heterocycles. The lowest BCUT2D eigenvalue weighted by Gasteiger charge is -1.89. The Bertz CT molecular complexity index is 493. The molecule has 0 spiro atoms. The second kappa shape index (κ2) is 4.25. The molecule has 0 aliphatic heterocycles. The zero-order valence-corrected chi connectivity index (χ0v) is 9.00. The molecule has 0 unspecified atom stereocenters. The SMILES string of the molecule is BrCCC#Cc1cnc2cn[nH]c2c1. The number of nitrogens with one attached hydrogen (secondary N) is 1. The summed E-state index contributed by atoms with van der Waals surface area (Å²) < 4.78 is 0. The van der Waals surface area contributed by atoms with Gasteiger partial charge in [-0.3, -0.25) is 10.1 Å². The maximum Gasteiger partial charge on any atom is 0.108 e. The summed E-state index contributed by atoms with van der Waals surface area (Å²) in [4.78, 5) is 4.21. The van der Waals surface area contributed by atoms with Crippen LogP contribution in [0.5, 0.6) is 0 Å². The Balaban J connectivity index is 2.31. The molecule has 2 aromatic heterocycles. The lowest BCUT2D eigenvalue weighted by atomic mass is 10.2. The minimum atomic E-state index is 0.848. The Morgan fingerprint density at radius 3 is 3.21 bits per heavy atom. The normalized spacial score (nSPS) is 9.79. The Kier molecular flexibility index (Phi) is 2.80. The molecule has 2 aromatic rings. The van der Waals surface area contributed by atoms with Gasteiger partial charge in [-0.25, -0.2) is 0 Å². The van der Waals surface area contributed by atoms with Crippen LogP contribution in [0.3, 0.4) is 0 Å². The zero-order valence-electron chi connectivity index (χ0n) is 7.42. The highest BCUT2D eigenvalue weighted by Crippen LogP contribution is 2.08. The third-order valence-electron chi connectivity index (χ3n) is 1.74. The van der Waals surface area contributed by atoms with E-state index in [0.29, 0.717) is 0 Å². The Morgan fingerprint density at radius 1 is 1.43 bits per heavy atom. The van der Waals surface area contributed by atoms with E-state index in [-0.39, 0.29) is 0 Å². The van der Waals surface area contributed by atoms with Crippen molar-refractivity contribution in [2.45, 2.75) is 6.42 Å². The highest BCUT2D eigenvalue weighted by molar-refractivity contribution is 9.09. The van der Waals surface area contributed by atoms with Gasteiger partial charge in [0.25, 0.3) is 0 Å². The van der Waals surface area contributed by atoms with E-state index in [9.17, 15) is 0 Å². The van der Waals surface area contributed by atoms with Crippen molar-refractivity contribution >= 4 is 27.0 Å². The molecule has 3 nitrogen and oxygen atoms in total. The van der Waals surface area contributed by atoms with E-state index in [0.717, 1.165) is 28.3 Å². The fraction of sp³-hybridized carbons (Fsp3) is 0.200. The molecule has 1 N–H and O–H groups in total. The Labute approximate surface area is 90.1 Å². The summed E-state index contributed by atoms with van der Waals surface area (Å²) in [6, 6.07) is 1.95. The molecule has 2 rings (SSSR count). The lowest BCUT2D eigenvalue weighted by Crippen LogP contribution is -1.79. The number of pyridine rings is 1. The van der Waals surface area contributed by atoms with Crippen LogP contribution in [0.25, 0.3) is 11.0 Å². The summed E-state index contributed by atoms with van der Waals surface area (Å²) in [6.45, 7) is 0. The van der Waals surface area contributed by atoms with Gasteiger partial charge >= 0.3 is 0 Å². The fourth-order valence-corrected chi connectivity index (χ4v) is 1.31. The van der Waals surface area contributed by atoms with Crippen LogP contribution in [-0.2, 0) is 0 Å². The van der Waals surface area contributed by atoms with Gasteiger partial charge in [0.1, 0.15) is 5.52 Å². The number of aromatic amines is 1. The summed E-state index contributed by atoms with van der Waals surface area (Å²) >= 11 is 3.32. The summed E-state index contributed by atoms with van der Waals surface area (Å²) in [6.07, 6.45) is 4.31. The molecule has 0 radical (unpaired) electrons. The molecule has 0 aromatic carbocycles. The van der Waals surface area contributed by atoms with E-state index in [4.69, 9.17) is 0 Å². The summed E-state index contributed by atoms with van der Waals surface area (Å²) in [5, 5.41) is 7.66. The molecule has 2 heterocycles. The van der Waals surface area contributed by atoms with Crippen molar-refractivity contribution in [3.05, 3.63) is 24.0 Å². The first-order valence-electron chi connectivity index (χ1n) is 4.24. The van der Waals surface area contributed by atoms with Crippen LogP contribution in [-0.4, -0.2) is 20.5 Å². The quantitative estimate of drug-likeness (QED) is 0.622. The maximum absolute atomic E-state index is 4.21. The van der Waals surface area contributed by atoms with Crippen LogP contribution in [0.1, 0.15) is 12.0 Å². The highest BCUT2D eigenvalue weighted by atomic mass is 79.9. The number of hydrogen-bond acceptors (Lipinski definition) is 2. The van der Waals surface area contributed by atoms with Crippen molar-refractivity contribution in [2.24, 2.45) is 0 Å². The van der Waals surface area contributed by atoms with E-state index < -0.39 is 0 Å². The first-order chi connectivity index (χ1) is 6.90. The Hall–Kier alpha value is -1.34. The predicted molar refractivity (Wildman–Crippen MR) is 59.2 cm³/mol. The van der Waals surface area contributed by atoms with Crippen LogP contribution < -0.4 is 0 Å². The van der Waals surface area contributed by atoms with Gasteiger partial charge in [0.15, 0.2) is 0 Å². The van der Waals surface area contributed by atoms with Crippen LogP contribution in [0.4, 0.5) is 0 Å². The van der Waals surface area contributed by atoms with E-state index in [1.807, 2.05) is 6.07 Å². The fourth-order valence-electron chi connectivity index (χ4n) is 1.11. The van der Waals surface area contributed by atoms with Crippen molar-refractivity contribution in [1.29, 1.82) is 0 Å². The number of halogens is 1. The maximum atomic E-state index is 4.21. The summed E-state index contributed by atoms with van der Waals surface area (Å²) in [5.41, 5.74) is 2.72. The first kappa shape index (κ1) is 9.22. The van der Waals surface area contributed by atoms with Crippen molar-refractivity contribution in [2.75, 3.05) is 5.33 Å². The number of nitrogens with zero attached hydrogens (tertiary/aromatic N) is 2. The lowest BCUT2D eigenvalue weighted by molar-refractivity contribution is 1.12. The zero-order chi connectivity index (χ0) is 9.80. The van der Waals surface area contributed by atoms with Crippen molar-refractivity contribution in [1.82, 2.24) is 15.2 Å². The van der Waals surface area contributed by atoms with Gasteiger partial charge in [-0.1, -0.05) is 27.8 Å². The monoisotopic (exact) mass is 249 g/mol. The molecule has 0 atom stereocenters. The minimum Gasteiger partial charge on any atom is -0.276 e. The van der Waals surface area contributed by atoms with E-state index in [2.05, 4.69) is 43.0 Å². The molecular formula is C10H8BrN3. The van der Waals surface area contributed by atoms with E-state index in [1.54, 1.807) is 12.4 Å².